The Balaban J connectivity index is 2.07. The van der Waals surface area contributed by atoms with E-state index in [9.17, 15) is 13.2 Å². The van der Waals surface area contributed by atoms with Gasteiger partial charge in [-0.1, -0.05) is 0 Å². The van der Waals surface area contributed by atoms with Crippen LogP contribution in [0.25, 0.3) is 0 Å². The summed E-state index contributed by atoms with van der Waals surface area (Å²) in [5.74, 6) is 0.319. The Bertz CT molecular complexity index is 676. The molecule has 0 bridgehead atoms. The summed E-state index contributed by atoms with van der Waals surface area (Å²) in [6.07, 6.45) is 1.48. The van der Waals surface area contributed by atoms with Crippen LogP contribution < -0.4 is 10.0 Å². The highest BCUT2D eigenvalue weighted by Crippen LogP contribution is 2.14. The van der Waals surface area contributed by atoms with Gasteiger partial charge in [0.25, 0.3) is 0 Å². The van der Waals surface area contributed by atoms with Crippen molar-refractivity contribution in [1.29, 1.82) is 0 Å². The van der Waals surface area contributed by atoms with Crippen LogP contribution in [0.4, 0.5) is 5.69 Å². The molecule has 0 radical (unpaired) electrons. The molecule has 0 saturated heterocycles. The Hall–Kier alpha value is -2.12. The third kappa shape index (κ3) is 3.69. The van der Waals surface area contributed by atoms with Crippen LogP contribution in [0.15, 0.2) is 52.0 Å². The molecule has 6 nitrogen and oxygen atoms in total. The lowest BCUT2D eigenvalue weighted by atomic mass is 10.3. The summed E-state index contributed by atoms with van der Waals surface area (Å²) in [6, 6.07) is 9.28. The van der Waals surface area contributed by atoms with E-state index in [0.29, 0.717) is 11.4 Å². The highest BCUT2D eigenvalue weighted by Gasteiger charge is 2.14. The van der Waals surface area contributed by atoms with E-state index < -0.39 is 10.0 Å². The summed E-state index contributed by atoms with van der Waals surface area (Å²) in [6.45, 7) is 1.47. The predicted molar refractivity (Wildman–Crippen MR) is 73.5 cm³/mol. The van der Waals surface area contributed by atoms with E-state index >= 15 is 0 Å². The summed E-state index contributed by atoms with van der Waals surface area (Å²) >= 11 is 0. The average molecular weight is 294 g/mol. The number of furan rings is 1. The van der Waals surface area contributed by atoms with E-state index in [-0.39, 0.29) is 17.3 Å². The molecule has 0 aliphatic carbocycles. The molecule has 0 spiro atoms. The van der Waals surface area contributed by atoms with Crippen LogP contribution in [0.1, 0.15) is 12.7 Å². The second kappa shape index (κ2) is 5.89. The largest absolute Gasteiger partial charge is 0.468 e. The zero-order chi connectivity index (χ0) is 14.6. The Labute approximate surface area is 116 Å². The van der Waals surface area contributed by atoms with Crippen molar-refractivity contribution in [2.45, 2.75) is 18.4 Å². The molecule has 0 aliphatic rings. The SMILES string of the molecule is CC(=O)Nc1ccc(S(=O)(=O)NCc2ccco2)cc1. The Kier molecular flexibility index (Phi) is 4.21. The van der Waals surface area contributed by atoms with E-state index in [1.54, 1.807) is 12.1 Å². The molecule has 7 heteroatoms. The molecule has 1 aromatic carbocycles. The predicted octanol–water partition coefficient (Wildman–Crippen LogP) is 1.72. The minimum atomic E-state index is -3.60. The molecular formula is C13H14N2O4S. The third-order valence-corrected chi connectivity index (χ3v) is 3.92. The van der Waals surface area contributed by atoms with Gasteiger partial charge >= 0.3 is 0 Å². The number of anilines is 1. The summed E-state index contributed by atoms with van der Waals surface area (Å²) in [5, 5.41) is 2.57. The first-order valence-corrected chi connectivity index (χ1v) is 7.35. The quantitative estimate of drug-likeness (QED) is 0.878. The smallest absolute Gasteiger partial charge is 0.240 e. The van der Waals surface area contributed by atoms with Crippen molar-refractivity contribution in [1.82, 2.24) is 4.72 Å². The zero-order valence-corrected chi connectivity index (χ0v) is 11.6. The number of amides is 1. The Morgan fingerprint density at radius 1 is 1.20 bits per heavy atom. The van der Waals surface area contributed by atoms with Crippen LogP contribution >= 0.6 is 0 Å². The first-order chi connectivity index (χ1) is 9.47. The topological polar surface area (TPSA) is 88.4 Å². The van der Waals surface area contributed by atoms with Gasteiger partial charge in [-0.25, -0.2) is 13.1 Å². The van der Waals surface area contributed by atoms with Crippen LogP contribution in [-0.2, 0) is 21.4 Å². The van der Waals surface area contributed by atoms with Gasteiger partial charge in [0.15, 0.2) is 0 Å². The first kappa shape index (κ1) is 14.3. The summed E-state index contributed by atoms with van der Waals surface area (Å²) in [7, 11) is -3.60. The molecule has 0 aliphatic heterocycles. The maximum absolute atomic E-state index is 12.0. The average Bonchev–Trinajstić information content (AvgIpc) is 2.89. The molecule has 0 saturated carbocycles. The van der Waals surface area contributed by atoms with E-state index in [1.165, 1.54) is 37.5 Å². The molecule has 0 unspecified atom stereocenters. The molecular weight excluding hydrogens is 280 g/mol. The lowest BCUT2D eigenvalue weighted by molar-refractivity contribution is -0.114. The first-order valence-electron chi connectivity index (χ1n) is 5.87. The fraction of sp³-hybridized carbons (Fsp3) is 0.154. The van der Waals surface area contributed by atoms with Crippen molar-refractivity contribution in [3.63, 3.8) is 0 Å². The molecule has 1 amide bonds. The fourth-order valence-electron chi connectivity index (χ4n) is 1.58. The van der Waals surface area contributed by atoms with Crippen LogP contribution in [0.2, 0.25) is 0 Å². The number of hydrogen-bond donors (Lipinski definition) is 2. The molecule has 2 N–H and O–H groups in total. The maximum atomic E-state index is 12.0. The van der Waals surface area contributed by atoms with Gasteiger partial charge in [-0.05, 0) is 36.4 Å². The van der Waals surface area contributed by atoms with Gasteiger partial charge in [0, 0.05) is 12.6 Å². The van der Waals surface area contributed by atoms with Crippen LogP contribution in [-0.4, -0.2) is 14.3 Å². The molecule has 106 valence electrons. The van der Waals surface area contributed by atoms with Gasteiger partial charge in [-0.3, -0.25) is 4.79 Å². The monoisotopic (exact) mass is 294 g/mol. The molecule has 0 fully saturated rings. The van der Waals surface area contributed by atoms with Crippen LogP contribution in [0.5, 0.6) is 0 Å². The second-order valence-corrected chi connectivity index (χ2v) is 5.88. The lowest BCUT2D eigenvalue weighted by Crippen LogP contribution is -2.23. The van der Waals surface area contributed by atoms with E-state index in [2.05, 4.69) is 10.0 Å². The van der Waals surface area contributed by atoms with E-state index in [1.807, 2.05) is 0 Å². The van der Waals surface area contributed by atoms with Gasteiger partial charge in [0.1, 0.15) is 5.76 Å². The van der Waals surface area contributed by atoms with Crippen LogP contribution in [0.3, 0.4) is 0 Å². The molecule has 2 aromatic rings. The van der Waals surface area contributed by atoms with Crippen molar-refractivity contribution in [3.8, 4) is 0 Å². The summed E-state index contributed by atoms with van der Waals surface area (Å²) in [5.41, 5.74) is 0.544. The van der Waals surface area contributed by atoms with E-state index in [4.69, 9.17) is 4.42 Å². The maximum Gasteiger partial charge on any atom is 0.240 e. The Morgan fingerprint density at radius 2 is 1.90 bits per heavy atom. The lowest BCUT2D eigenvalue weighted by Gasteiger charge is -2.07. The van der Waals surface area contributed by atoms with E-state index in [0.717, 1.165) is 0 Å². The van der Waals surface area contributed by atoms with Gasteiger partial charge < -0.3 is 9.73 Å². The number of benzene rings is 1. The molecule has 20 heavy (non-hydrogen) atoms. The number of rotatable bonds is 5. The van der Waals surface area contributed by atoms with Crippen molar-refractivity contribution < 1.29 is 17.6 Å². The van der Waals surface area contributed by atoms with Crippen LogP contribution in [0, 0.1) is 0 Å². The van der Waals surface area contributed by atoms with Crippen molar-refractivity contribution >= 4 is 21.6 Å². The standard InChI is InChI=1S/C13H14N2O4S/c1-10(16)15-11-4-6-13(7-5-11)20(17,18)14-9-12-3-2-8-19-12/h2-8,14H,9H2,1H3,(H,15,16). The number of carbonyl (C=O) groups excluding carboxylic acids is 1. The third-order valence-electron chi connectivity index (χ3n) is 2.50. The molecule has 1 aromatic heterocycles. The highest BCUT2D eigenvalue weighted by atomic mass is 32.2. The minimum absolute atomic E-state index is 0.0861. The van der Waals surface area contributed by atoms with Crippen molar-refractivity contribution in [2.75, 3.05) is 5.32 Å². The summed E-state index contributed by atoms with van der Waals surface area (Å²) in [4.78, 5) is 11.0. The van der Waals surface area contributed by atoms with Crippen molar-refractivity contribution in [2.24, 2.45) is 0 Å². The van der Waals surface area contributed by atoms with Crippen molar-refractivity contribution in [3.05, 3.63) is 48.4 Å². The van der Waals surface area contributed by atoms with Gasteiger partial charge in [0.2, 0.25) is 15.9 Å². The number of hydrogen-bond acceptors (Lipinski definition) is 4. The molecule has 0 atom stereocenters. The minimum Gasteiger partial charge on any atom is -0.468 e. The van der Waals surface area contributed by atoms with Gasteiger partial charge in [0.05, 0.1) is 17.7 Å². The zero-order valence-electron chi connectivity index (χ0n) is 10.8. The highest BCUT2D eigenvalue weighted by molar-refractivity contribution is 7.89. The fourth-order valence-corrected chi connectivity index (χ4v) is 2.58. The number of nitrogens with one attached hydrogen (secondary N) is 2. The number of carbonyl (C=O) groups is 1. The normalized spacial score (nSPS) is 11.2. The molecule has 1 heterocycles. The number of sulfonamides is 1. The Morgan fingerprint density at radius 3 is 2.45 bits per heavy atom. The molecule has 2 rings (SSSR count). The van der Waals surface area contributed by atoms with Gasteiger partial charge in [-0.15, -0.1) is 0 Å². The van der Waals surface area contributed by atoms with Gasteiger partial charge in [-0.2, -0.15) is 0 Å². The summed E-state index contributed by atoms with van der Waals surface area (Å²) < 4.78 is 31.5. The second-order valence-electron chi connectivity index (χ2n) is 4.11.